The number of nitro groups is 1. The molecule has 0 spiro atoms. The van der Waals surface area contributed by atoms with Crippen LogP contribution in [0.3, 0.4) is 0 Å². The second-order valence-electron chi connectivity index (χ2n) is 4.96. The molecule has 0 radical (unpaired) electrons. The number of nitrogens with zero attached hydrogens (tertiary/aromatic N) is 3. The van der Waals surface area contributed by atoms with E-state index in [0.717, 1.165) is 6.42 Å². The predicted octanol–water partition coefficient (Wildman–Crippen LogP) is 0.640. The third-order valence-electron chi connectivity index (χ3n) is 3.41. The Kier molecular flexibility index (Phi) is 4.92. The third kappa shape index (κ3) is 3.40. The van der Waals surface area contributed by atoms with E-state index in [9.17, 15) is 14.9 Å². The van der Waals surface area contributed by atoms with E-state index in [4.69, 9.17) is 9.84 Å². The Balaban J connectivity index is 2.22. The van der Waals surface area contributed by atoms with Crippen molar-refractivity contribution in [3.8, 4) is 0 Å². The summed E-state index contributed by atoms with van der Waals surface area (Å²) >= 11 is 0. The molecule has 1 amide bonds. The lowest BCUT2D eigenvalue weighted by Crippen LogP contribution is -2.47. The van der Waals surface area contributed by atoms with Gasteiger partial charge in [0.15, 0.2) is 0 Å². The van der Waals surface area contributed by atoms with Gasteiger partial charge in [0.05, 0.1) is 30.4 Å². The molecule has 2 rings (SSSR count). The number of rotatable bonds is 5. The highest BCUT2D eigenvalue weighted by atomic mass is 16.6. The van der Waals surface area contributed by atoms with Gasteiger partial charge in [0.25, 0.3) is 11.6 Å². The molecule has 8 heteroatoms. The fourth-order valence-electron chi connectivity index (χ4n) is 2.38. The first-order valence-corrected chi connectivity index (χ1v) is 6.93. The van der Waals surface area contributed by atoms with E-state index in [-0.39, 0.29) is 18.2 Å². The number of hydrogen-bond acceptors (Lipinski definition) is 5. The Labute approximate surface area is 122 Å². The molecular formula is C13H19N3O5. The summed E-state index contributed by atoms with van der Waals surface area (Å²) in [7, 11) is 0. The van der Waals surface area contributed by atoms with Gasteiger partial charge in [-0.25, -0.2) is 0 Å². The summed E-state index contributed by atoms with van der Waals surface area (Å²) in [5.41, 5.74) is 0.223. The van der Waals surface area contributed by atoms with Crippen molar-refractivity contribution >= 4 is 11.6 Å². The minimum absolute atomic E-state index is 0.0845. The number of carbonyl (C=O) groups excluding carboxylic acids is 1. The van der Waals surface area contributed by atoms with Crippen LogP contribution in [0.2, 0.25) is 0 Å². The number of ether oxygens (including phenoxy) is 1. The summed E-state index contributed by atoms with van der Waals surface area (Å²) in [6.45, 7) is 3.40. The summed E-state index contributed by atoms with van der Waals surface area (Å²) < 4.78 is 6.92. The molecule has 0 aromatic carbocycles. The van der Waals surface area contributed by atoms with Crippen molar-refractivity contribution < 1.29 is 19.6 Å². The Morgan fingerprint density at radius 2 is 2.38 bits per heavy atom. The second kappa shape index (κ2) is 6.68. The number of aliphatic hydroxyl groups excluding tert-OH is 1. The van der Waals surface area contributed by atoms with Gasteiger partial charge in [-0.05, 0) is 6.42 Å². The highest BCUT2D eigenvalue weighted by Crippen LogP contribution is 2.19. The van der Waals surface area contributed by atoms with Crippen molar-refractivity contribution in [2.75, 3.05) is 26.3 Å². The highest BCUT2D eigenvalue weighted by Gasteiger charge is 2.28. The standard InChI is InChI=1S/C13H19N3O5/c1-2-3-14-7-10(16(19)20)6-12(14)13(18)15-4-5-21-11(8-15)9-17/h6-7,11,17H,2-5,8-9H2,1H3. The van der Waals surface area contributed by atoms with E-state index in [2.05, 4.69) is 0 Å². The van der Waals surface area contributed by atoms with Crippen LogP contribution in [0.5, 0.6) is 0 Å². The van der Waals surface area contributed by atoms with E-state index < -0.39 is 11.0 Å². The van der Waals surface area contributed by atoms with E-state index in [1.165, 1.54) is 12.3 Å². The van der Waals surface area contributed by atoms with E-state index >= 15 is 0 Å². The van der Waals surface area contributed by atoms with Crippen molar-refractivity contribution in [2.24, 2.45) is 0 Å². The summed E-state index contributed by atoms with van der Waals surface area (Å²) in [4.78, 5) is 24.5. The van der Waals surface area contributed by atoms with Gasteiger partial charge >= 0.3 is 0 Å². The molecule has 1 aliphatic rings. The van der Waals surface area contributed by atoms with Gasteiger partial charge in [0, 0.05) is 25.7 Å². The van der Waals surface area contributed by atoms with Crippen LogP contribution in [-0.2, 0) is 11.3 Å². The second-order valence-corrected chi connectivity index (χ2v) is 4.96. The van der Waals surface area contributed by atoms with Crippen LogP contribution < -0.4 is 0 Å². The first-order valence-electron chi connectivity index (χ1n) is 6.93. The van der Waals surface area contributed by atoms with Crippen molar-refractivity contribution in [3.05, 3.63) is 28.1 Å². The zero-order valence-electron chi connectivity index (χ0n) is 11.9. The first kappa shape index (κ1) is 15.5. The Morgan fingerprint density at radius 1 is 1.62 bits per heavy atom. The number of aliphatic hydroxyl groups is 1. The maximum absolute atomic E-state index is 12.5. The molecule has 1 aromatic rings. The molecule has 1 aromatic heterocycles. The molecule has 0 aliphatic carbocycles. The first-order chi connectivity index (χ1) is 10.1. The van der Waals surface area contributed by atoms with Crippen LogP contribution in [0.25, 0.3) is 0 Å². The fourth-order valence-corrected chi connectivity index (χ4v) is 2.38. The normalized spacial score (nSPS) is 18.8. The van der Waals surface area contributed by atoms with Crippen molar-refractivity contribution in [1.29, 1.82) is 0 Å². The van der Waals surface area contributed by atoms with E-state index in [1.54, 1.807) is 9.47 Å². The van der Waals surface area contributed by atoms with Gasteiger partial charge in [0.2, 0.25) is 0 Å². The Morgan fingerprint density at radius 3 is 3.00 bits per heavy atom. The summed E-state index contributed by atoms with van der Waals surface area (Å²) in [5.74, 6) is -0.265. The van der Waals surface area contributed by atoms with Crippen LogP contribution >= 0.6 is 0 Å². The number of morpholine rings is 1. The predicted molar refractivity (Wildman–Crippen MR) is 74.1 cm³/mol. The molecule has 0 saturated carbocycles. The van der Waals surface area contributed by atoms with Crippen LogP contribution in [-0.4, -0.2) is 57.8 Å². The molecule has 8 nitrogen and oxygen atoms in total. The average Bonchev–Trinajstić information content (AvgIpc) is 2.91. The molecule has 1 aliphatic heterocycles. The lowest BCUT2D eigenvalue weighted by molar-refractivity contribution is -0.384. The van der Waals surface area contributed by atoms with Crippen LogP contribution in [0.1, 0.15) is 23.8 Å². The van der Waals surface area contributed by atoms with Crippen molar-refractivity contribution in [2.45, 2.75) is 26.0 Å². The molecule has 2 heterocycles. The summed E-state index contributed by atoms with van der Waals surface area (Å²) in [6.07, 6.45) is 1.77. The van der Waals surface area contributed by atoms with Gasteiger partial charge in [-0.15, -0.1) is 0 Å². The quantitative estimate of drug-likeness (QED) is 0.635. The number of aromatic nitrogens is 1. The fraction of sp³-hybridized carbons (Fsp3) is 0.615. The van der Waals surface area contributed by atoms with Gasteiger partial charge < -0.3 is 19.3 Å². The highest BCUT2D eigenvalue weighted by molar-refractivity contribution is 5.93. The summed E-state index contributed by atoms with van der Waals surface area (Å²) in [6, 6.07) is 1.31. The van der Waals surface area contributed by atoms with Crippen LogP contribution in [0, 0.1) is 10.1 Å². The average molecular weight is 297 g/mol. The van der Waals surface area contributed by atoms with Gasteiger partial charge in [-0.3, -0.25) is 14.9 Å². The van der Waals surface area contributed by atoms with Gasteiger partial charge in [-0.2, -0.15) is 0 Å². The molecule has 21 heavy (non-hydrogen) atoms. The third-order valence-corrected chi connectivity index (χ3v) is 3.41. The molecule has 1 atom stereocenters. The van der Waals surface area contributed by atoms with Crippen LogP contribution in [0.4, 0.5) is 5.69 Å². The number of carbonyl (C=O) groups is 1. The molecule has 1 fully saturated rings. The molecule has 1 saturated heterocycles. The maximum atomic E-state index is 12.5. The smallest absolute Gasteiger partial charge is 0.287 e. The lowest BCUT2D eigenvalue weighted by Gasteiger charge is -2.32. The van der Waals surface area contributed by atoms with Crippen molar-refractivity contribution in [1.82, 2.24) is 9.47 Å². The molecule has 1 N–H and O–H groups in total. The molecule has 1 unspecified atom stereocenters. The Bertz CT molecular complexity index is 528. The monoisotopic (exact) mass is 297 g/mol. The zero-order valence-corrected chi connectivity index (χ0v) is 11.9. The van der Waals surface area contributed by atoms with Crippen molar-refractivity contribution in [3.63, 3.8) is 0 Å². The number of hydrogen-bond donors (Lipinski definition) is 1. The van der Waals surface area contributed by atoms with Gasteiger partial charge in [-0.1, -0.05) is 6.92 Å². The summed E-state index contributed by atoms with van der Waals surface area (Å²) in [5, 5.41) is 20.0. The number of amides is 1. The van der Waals surface area contributed by atoms with Gasteiger partial charge in [0.1, 0.15) is 5.69 Å². The SMILES string of the molecule is CCCn1cc([N+](=O)[O-])cc1C(=O)N1CCOC(CO)C1. The maximum Gasteiger partial charge on any atom is 0.287 e. The van der Waals surface area contributed by atoms with E-state index in [1.807, 2.05) is 6.92 Å². The van der Waals surface area contributed by atoms with E-state index in [0.29, 0.717) is 31.9 Å². The largest absolute Gasteiger partial charge is 0.394 e. The minimum Gasteiger partial charge on any atom is -0.394 e. The topological polar surface area (TPSA) is 97.8 Å². The molecular weight excluding hydrogens is 278 g/mol. The molecule has 0 bridgehead atoms. The zero-order chi connectivity index (χ0) is 15.4. The lowest BCUT2D eigenvalue weighted by atomic mass is 10.2. The molecule has 116 valence electrons. The van der Waals surface area contributed by atoms with Crippen LogP contribution in [0.15, 0.2) is 12.3 Å². The minimum atomic E-state index is -0.501. The Hall–Kier alpha value is -1.93. The number of aryl methyl sites for hydroxylation is 1.